The van der Waals surface area contributed by atoms with Crippen LogP contribution >= 0.6 is 0 Å². The Morgan fingerprint density at radius 2 is 1.34 bits per heavy atom. The number of carbonyl (C=O) groups excluding carboxylic acids is 1. The van der Waals surface area contributed by atoms with E-state index in [1.807, 2.05) is 50.9 Å². The van der Waals surface area contributed by atoms with Crippen LogP contribution < -0.4 is 4.74 Å². The molecule has 0 aliphatic carbocycles. The molecule has 0 bridgehead atoms. The zero-order valence-corrected chi connectivity index (χ0v) is 21.6. The highest BCUT2D eigenvalue weighted by Crippen LogP contribution is 2.34. The van der Waals surface area contributed by atoms with Crippen molar-refractivity contribution in [1.29, 1.82) is 0 Å². The van der Waals surface area contributed by atoms with E-state index in [1.54, 1.807) is 0 Å². The van der Waals surface area contributed by atoms with E-state index in [0.717, 1.165) is 17.7 Å². The van der Waals surface area contributed by atoms with Crippen LogP contribution in [-0.4, -0.2) is 43.2 Å². The molecule has 0 saturated carbocycles. The molecule has 0 radical (unpaired) electrons. The first-order valence-corrected chi connectivity index (χ1v) is 12.2. The molecule has 0 heterocycles. The Labute approximate surface area is 210 Å². The molecule has 35 heavy (non-hydrogen) atoms. The number of rotatable bonds is 10. The summed E-state index contributed by atoms with van der Waals surface area (Å²) < 4.78 is 11.3. The summed E-state index contributed by atoms with van der Waals surface area (Å²) in [6, 6.07) is 29.4. The van der Waals surface area contributed by atoms with E-state index in [-0.39, 0.29) is 12.5 Å². The normalized spacial score (nSPS) is 12.3. The number of carbonyl (C=O) groups is 1. The van der Waals surface area contributed by atoms with Crippen LogP contribution in [-0.2, 0) is 9.53 Å². The lowest BCUT2D eigenvalue weighted by atomic mass is 9.88. The van der Waals surface area contributed by atoms with Crippen LogP contribution in [0, 0.1) is 0 Å². The molecule has 3 aromatic rings. The average Bonchev–Trinajstić information content (AvgIpc) is 2.83. The van der Waals surface area contributed by atoms with Gasteiger partial charge < -0.3 is 9.47 Å². The molecule has 184 valence electrons. The fourth-order valence-corrected chi connectivity index (χ4v) is 3.99. The lowest BCUT2D eigenvalue weighted by molar-refractivity contribution is -0.155. The van der Waals surface area contributed by atoms with Crippen molar-refractivity contribution in [3.8, 4) is 5.75 Å². The number of benzene rings is 3. The molecule has 0 atom stereocenters. The number of hydrogen-bond donors (Lipinski definition) is 0. The van der Waals surface area contributed by atoms with E-state index < -0.39 is 5.60 Å². The predicted molar refractivity (Wildman–Crippen MR) is 144 cm³/mol. The standard InChI is InChI=1S/C31H37NO3/c1-6-28(24-13-9-7-10-14-24)30(25-15-11-8-12-16-25)26-17-19-27(20-18-26)34-22-21-32(5)23-29(33)35-31(2,3)4/h7-20H,6,21-23H2,1-5H3/b30-28-. The molecular formula is C31H37NO3. The summed E-state index contributed by atoms with van der Waals surface area (Å²) in [5.74, 6) is 0.583. The van der Waals surface area contributed by atoms with Gasteiger partial charge in [0.1, 0.15) is 18.0 Å². The minimum absolute atomic E-state index is 0.227. The third-order valence-electron chi connectivity index (χ3n) is 5.54. The highest BCUT2D eigenvalue weighted by Gasteiger charge is 2.17. The molecule has 0 aliphatic heterocycles. The van der Waals surface area contributed by atoms with E-state index in [0.29, 0.717) is 13.2 Å². The average molecular weight is 472 g/mol. The maximum atomic E-state index is 12.0. The fraction of sp³-hybridized carbons (Fsp3) is 0.323. The number of allylic oxidation sites excluding steroid dienone is 1. The Morgan fingerprint density at radius 1 is 0.800 bits per heavy atom. The van der Waals surface area contributed by atoms with Gasteiger partial charge in [-0.1, -0.05) is 79.7 Å². The number of hydrogen-bond acceptors (Lipinski definition) is 4. The minimum atomic E-state index is -0.471. The van der Waals surface area contributed by atoms with Crippen molar-refractivity contribution < 1.29 is 14.3 Å². The van der Waals surface area contributed by atoms with Crippen molar-refractivity contribution in [3.63, 3.8) is 0 Å². The topological polar surface area (TPSA) is 38.8 Å². The van der Waals surface area contributed by atoms with E-state index >= 15 is 0 Å². The highest BCUT2D eigenvalue weighted by atomic mass is 16.6. The maximum absolute atomic E-state index is 12.0. The fourth-order valence-electron chi connectivity index (χ4n) is 3.99. The molecule has 4 nitrogen and oxygen atoms in total. The Balaban J connectivity index is 1.72. The van der Waals surface area contributed by atoms with Crippen molar-refractivity contribution >= 4 is 17.1 Å². The quantitative estimate of drug-likeness (QED) is 0.243. The molecule has 0 aromatic heterocycles. The van der Waals surface area contributed by atoms with Crippen LogP contribution in [0.3, 0.4) is 0 Å². The zero-order chi connectivity index (χ0) is 25.3. The van der Waals surface area contributed by atoms with Crippen LogP contribution in [0.5, 0.6) is 5.75 Å². The van der Waals surface area contributed by atoms with Gasteiger partial charge in [0, 0.05) is 6.54 Å². The molecule has 3 rings (SSSR count). The van der Waals surface area contributed by atoms with Crippen LogP contribution in [0.15, 0.2) is 84.9 Å². The smallest absolute Gasteiger partial charge is 0.320 e. The number of esters is 1. The number of likely N-dealkylation sites (N-methyl/N-ethyl adjacent to an activating group) is 1. The molecule has 0 aliphatic rings. The Morgan fingerprint density at radius 3 is 1.89 bits per heavy atom. The molecule has 4 heteroatoms. The van der Waals surface area contributed by atoms with Crippen LogP contribution in [0.4, 0.5) is 0 Å². The minimum Gasteiger partial charge on any atom is -0.492 e. The summed E-state index contributed by atoms with van der Waals surface area (Å²) in [5.41, 5.74) is 5.68. The first kappa shape index (κ1) is 26.2. The van der Waals surface area contributed by atoms with E-state index in [1.165, 1.54) is 22.3 Å². The second kappa shape index (κ2) is 12.4. The highest BCUT2D eigenvalue weighted by molar-refractivity contribution is 5.98. The monoisotopic (exact) mass is 471 g/mol. The van der Waals surface area contributed by atoms with E-state index in [2.05, 4.69) is 73.7 Å². The van der Waals surface area contributed by atoms with Gasteiger partial charge in [-0.15, -0.1) is 0 Å². The molecule has 0 fully saturated rings. The molecule has 0 unspecified atom stereocenters. The van der Waals surface area contributed by atoms with Gasteiger partial charge in [0.25, 0.3) is 0 Å². The van der Waals surface area contributed by atoms with Gasteiger partial charge in [-0.25, -0.2) is 0 Å². The molecule has 0 N–H and O–H groups in total. The lowest BCUT2D eigenvalue weighted by Gasteiger charge is -2.22. The summed E-state index contributed by atoms with van der Waals surface area (Å²) in [6.45, 7) is 9.19. The summed E-state index contributed by atoms with van der Waals surface area (Å²) in [6.07, 6.45) is 0.927. The van der Waals surface area contributed by atoms with Gasteiger partial charge in [-0.2, -0.15) is 0 Å². The summed E-state index contributed by atoms with van der Waals surface area (Å²) in [5, 5.41) is 0. The third kappa shape index (κ3) is 8.11. The molecule has 0 spiro atoms. The van der Waals surface area contributed by atoms with Crippen LogP contribution in [0.1, 0.15) is 50.8 Å². The van der Waals surface area contributed by atoms with Crippen molar-refractivity contribution in [2.45, 2.75) is 39.7 Å². The van der Waals surface area contributed by atoms with Crippen LogP contribution in [0.2, 0.25) is 0 Å². The molecule has 3 aromatic carbocycles. The zero-order valence-electron chi connectivity index (χ0n) is 21.6. The predicted octanol–water partition coefficient (Wildman–Crippen LogP) is 6.71. The van der Waals surface area contributed by atoms with Crippen molar-refractivity contribution in [2.24, 2.45) is 0 Å². The summed E-state index contributed by atoms with van der Waals surface area (Å²) >= 11 is 0. The lowest BCUT2D eigenvalue weighted by Crippen LogP contribution is -2.34. The molecule has 0 saturated heterocycles. The van der Waals surface area contributed by atoms with Gasteiger partial charge in [-0.05, 0) is 74.2 Å². The third-order valence-corrected chi connectivity index (χ3v) is 5.54. The van der Waals surface area contributed by atoms with Crippen molar-refractivity contribution in [3.05, 3.63) is 102 Å². The SMILES string of the molecule is CC/C(=C(\c1ccccc1)c1ccc(OCCN(C)CC(=O)OC(C)(C)C)cc1)c1ccccc1. The maximum Gasteiger partial charge on any atom is 0.320 e. The van der Waals surface area contributed by atoms with E-state index in [4.69, 9.17) is 9.47 Å². The van der Waals surface area contributed by atoms with Crippen molar-refractivity contribution in [1.82, 2.24) is 4.90 Å². The van der Waals surface area contributed by atoms with Gasteiger partial charge in [0.2, 0.25) is 0 Å². The molecular weight excluding hydrogens is 434 g/mol. The second-order valence-corrected chi connectivity index (χ2v) is 9.64. The van der Waals surface area contributed by atoms with Crippen molar-refractivity contribution in [2.75, 3.05) is 26.7 Å². The van der Waals surface area contributed by atoms with Gasteiger partial charge in [0.05, 0.1) is 6.54 Å². The Kier molecular flexibility index (Phi) is 9.27. The van der Waals surface area contributed by atoms with Crippen LogP contribution in [0.25, 0.3) is 11.1 Å². The number of ether oxygens (including phenoxy) is 2. The van der Waals surface area contributed by atoms with E-state index in [9.17, 15) is 4.79 Å². The molecule has 0 amide bonds. The second-order valence-electron chi connectivity index (χ2n) is 9.64. The van der Waals surface area contributed by atoms with Gasteiger partial charge in [0.15, 0.2) is 0 Å². The van der Waals surface area contributed by atoms with Gasteiger partial charge >= 0.3 is 5.97 Å². The van der Waals surface area contributed by atoms with Gasteiger partial charge in [-0.3, -0.25) is 9.69 Å². The largest absolute Gasteiger partial charge is 0.492 e. The first-order valence-electron chi connectivity index (χ1n) is 12.2. The Hall–Kier alpha value is -3.37. The summed E-state index contributed by atoms with van der Waals surface area (Å²) in [4.78, 5) is 13.9. The number of nitrogens with zero attached hydrogens (tertiary/aromatic N) is 1. The Bertz CT molecular complexity index is 1100. The summed E-state index contributed by atoms with van der Waals surface area (Å²) in [7, 11) is 1.89. The first-order chi connectivity index (χ1) is 16.8.